The Morgan fingerprint density at radius 2 is 1.87 bits per heavy atom. The fraction of sp³-hybridized carbons (Fsp3) is 0.923. The van der Waals surface area contributed by atoms with Crippen molar-refractivity contribution in [3.05, 3.63) is 0 Å². The molecule has 1 saturated carbocycles. The van der Waals surface area contributed by atoms with Crippen LogP contribution >= 0.6 is 0 Å². The topological polar surface area (TPSA) is 26.3 Å². The molecule has 1 aliphatic carbocycles. The van der Waals surface area contributed by atoms with E-state index in [4.69, 9.17) is 4.74 Å². The van der Waals surface area contributed by atoms with Crippen LogP contribution in [0.2, 0.25) is 0 Å². The highest BCUT2D eigenvalue weighted by atomic mass is 16.5. The molecule has 0 saturated heterocycles. The molecule has 1 aliphatic rings. The summed E-state index contributed by atoms with van der Waals surface area (Å²) >= 11 is 0. The van der Waals surface area contributed by atoms with E-state index in [0.29, 0.717) is 12.5 Å². The third-order valence-electron chi connectivity index (χ3n) is 3.47. The van der Waals surface area contributed by atoms with Crippen molar-refractivity contribution in [1.29, 1.82) is 0 Å². The van der Waals surface area contributed by atoms with E-state index in [2.05, 4.69) is 20.8 Å². The summed E-state index contributed by atoms with van der Waals surface area (Å²) < 4.78 is 5.17. The summed E-state index contributed by atoms with van der Waals surface area (Å²) in [7, 11) is 0. The van der Waals surface area contributed by atoms with Crippen molar-refractivity contribution in [3.63, 3.8) is 0 Å². The van der Waals surface area contributed by atoms with Crippen LogP contribution in [0.3, 0.4) is 0 Å². The third kappa shape index (κ3) is 3.22. The molecule has 0 aromatic carbocycles. The van der Waals surface area contributed by atoms with Crippen molar-refractivity contribution in [3.8, 4) is 0 Å². The van der Waals surface area contributed by atoms with Crippen molar-refractivity contribution in [2.45, 2.75) is 53.4 Å². The zero-order valence-corrected chi connectivity index (χ0v) is 10.5. The Morgan fingerprint density at radius 1 is 1.27 bits per heavy atom. The molecule has 0 aromatic rings. The van der Waals surface area contributed by atoms with E-state index < -0.39 is 0 Å². The number of hydrogen-bond donors (Lipinski definition) is 0. The predicted octanol–water partition coefficient (Wildman–Crippen LogP) is 3.40. The molecule has 0 aromatic heterocycles. The van der Waals surface area contributed by atoms with Crippen LogP contribution in [0.1, 0.15) is 53.4 Å². The van der Waals surface area contributed by atoms with Crippen LogP contribution < -0.4 is 0 Å². The van der Waals surface area contributed by atoms with Gasteiger partial charge in [-0.05, 0) is 31.1 Å². The highest BCUT2D eigenvalue weighted by Gasteiger charge is 2.38. The van der Waals surface area contributed by atoms with Crippen LogP contribution in [0.5, 0.6) is 0 Å². The standard InChI is InChI=1S/C13H24O2/c1-5-15-12(14)10-8-6-7-9-11(10)13(2,3)4/h10-11H,5-9H2,1-4H3/t10?,11-/m0/s1. The van der Waals surface area contributed by atoms with Crippen molar-refractivity contribution in [2.24, 2.45) is 17.3 Å². The minimum atomic E-state index is 0.0251. The van der Waals surface area contributed by atoms with Gasteiger partial charge in [0.05, 0.1) is 12.5 Å². The minimum absolute atomic E-state index is 0.0251. The molecule has 2 heteroatoms. The van der Waals surface area contributed by atoms with E-state index in [1.165, 1.54) is 19.3 Å². The van der Waals surface area contributed by atoms with Gasteiger partial charge >= 0.3 is 5.97 Å². The number of ether oxygens (including phenoxy) is 1. The SMILES string of the molecule is CCOC(=O)C1CCCC[C@@H]1C(C)(C)C. The van der Waals surface area contributed by atoms with Crippen molar-refractivity contribution >= 4 is 5.97 Å². The molecule has 88 valence electrons. The van der Waals surface area contributed by atoms with Gasteiger partial charge in [-0.25, -0.2) is 0 Å². The van der Waals surface area contributed by atoms with Gasteiger partial charge in [0.1, 0.15) is 0 Å². The van der Waals surface area contributed by atoms with Crippen LogP contribution in [0.15, 0.2) is 0 Å². The minimum Gasteiger partial charge on any atom is -0.466 e. The first-order chi connectivity index (χ1) is 6.96. The van der Waals surface area contributed by atoms with E-state index >= 15 is 0 Å². The largest absolute Gasteiger partial charge is 0.466 e. The Hall–Kier alpha value is -0.530. The van der Waals surface area contributed by atoms with Crippen LogP contribution in [0.4, 0.5) is 0 Å². The Balaban J connectivity index is 2.70. The zero-order valence-electron chi connectivity index (χ0n) is 10.5. The monoisotopic (exact) mass is 212 g/mol. The quantitative estimate of drug-likeness (QED) is 0.656. The van der Waals surface area contributed by atoms with Gasteiger partial charge in [0, 0.05) is 0 Å². The first kappa shape index (κ1) is 12.5. The molecular formula is C13H24O2. The predicted molar refractivity (Wildman–Crippen MR) is 61.5 cm³/mol. The van der Waals surface area contributed by atoms with Crippen molar-refractivity contribution in [1.82, 2.24) is 0 Å². The molecular weight excluding hydrogens is 188 g/mol. The van der Waals surface area contributed by atoms with Gasteiger partial charge in [-0.2, -0.15) is 0 Å². The van der Waals surface area contributed by atoms with Gasteiger partial charge in [0.2, 0.25) is 0 Å². The second-order valence-corrected chi connectivity index (χ2v) is 5.62. The average Bonchev–Trinajstić information content (AvgIpc) is 2.17. The van der Waals surface area contributed by atoms with Gasteiger partial charge < -0.3 is 4.74 Å². The zero-order chi connectivity index (χ0) is 11.5. The van der Waals surface area contributed by atoms with Gasteiger partial charge in [0.15, 0.2) is 0 Å². The summed E-state index contributed by atoms with van der Waals surface area (Å²) in [5, 5.41) is 0. The second kappa shape index (κ2) is 5.00. The molecule has 1 unspecified atom stereocenters. The lowest BCUT2D eigenvalue weighted by Crippen LogP contribution is -2.36. The number of hydrogen-bond acceptors (Lipinski definition) is 2. The van der Waals surface area contributed by atoms with E-state index in [1.807, 2.05) is 6.92 Å². The van der Waals surface area contributed by atoms with Crippen LogP contribution in [0.25, 0.3) is 0 Å². The van der Waals surface area contributed by atoms with E-state index in [-0.39, 0.29) is 17.3 Å². The lowest BCUT2D eigenvalue weighted by Gasteiger charge is -2.39. The lowest BCUT2D eigenvalue weighted by atomic mass is 9.66. The fourth-order valence-corrected chi connectivity index (χ4v) is 2.70. The molecule has 0 spiro atoms. The Morgan fingerprint density at radius 3 is 2.40 bits per heavy atom. The number of carbonyl (C=O) groups is 1. The normalized spacial score (nSPS) is 27.5. The van der Waals surface area contributed by atoms with Crippen LogP contribution in [-0.2, 0) is 9.53 Å². The maximum absolute atomic E-state index is 11.8. The highest BCUT2D eigenvalue weighted by molar-refractivity contribution is 5.73. The second-order valence-electron chi connectivity index (χ2n) is 5.62. The first-order valence-corrected chi connectivity index (χ1v) is 6.13. The van der Waals surface area contributed by atoms with Gasteiger partial charge in [0.25, 0.3) is 0 Å². The molecule has 1 rings (SSSR count). The van der Waals surface area contributed by atoms with Crippen molar-refractivity contribution in [2.75, 3.05) is 6.61 Å². The van der Waals surface area contributed by atoms with Crippen molar-refractivity contribution < 1.29 is 9.53 Å². The summed E-state index contributed by atoms with van der Waals surface area (Å²) in [6.45, 7) is 9.08. The smallest absolute Gasteiger partial charge is 0.309 e. The summed E-state index contributed by atoms with van der Waals surface area (Å²) in [5.74, 6) is 0.654. The molecule has 15 heavy (non-hydrogen) atoms. The summed E-state index contributed by atoms with van der Waals surface area (Å²) in [4.78, 5) is 11.8. The van der Waals surface area contributed by atoms with Gasteiger partial charge in [-0.3, -0.25) is 4.79 Å². The number of carbonyl (C=O) groups excluding carboxylic acids is 1. The molecule has 2 nitrogen and oxygen atoms in total. The maximum atomic E-state index is 11.8. The Labute approximate surface area is 93.4 Å². The van der Waals surface area contributed by atoms with E-state index in [1.54, 1.807) is 0 Å². The molecule has 0 amide bonds. The molecule has 0 N–H and O–H groups in total. The van der Waals surface area contributed by atoms with Crippen LogP contribution in [-0.4, -0.2) is 12.6 Å². The van der Waals surface area contributed by atoms with E-state index in [0.717, 1.165) is 6.42 Å². The number of esters is 1. The molecule has 0 bridgehead atoms. The third-order valence-corrected chi connectivity index (χ3v) is 3.47. The molecule has 0 aliphatic heterocycles. The summed E-state index contributed by atoms with van der Waals surface area (Å²) in [5.41, 5.74) is 0.220. The molecule has 0 heterocycles. The van der Waals surface area contributed by atoms with E-state index in [9.17, 15) is 4.79 Å². The van der Waals surface area contributed by atoms with Gasteiger partial charge in [-0.15, -0.1) is 0 Å². The molecule has 2 atom stereocenters. The lowest BCUT2D eigenvalue weighted by molar-refractivity contribution is -0.153. The Kier molecular flexibility index (Phi) is 4.18. The Bertz CT molecular complexity index is 215. The van der Waals surface area contributed by atoms with Crippen LogP contribution in [0, 0.1) is 17.3 Å². The molecule has 1 fully saturated rings. The average molecular weight is 212 g/mol. The van der Waals surface area contributed by atoms with Gasteiger partial charge in [-0.1, -0.05) is 33.6 Å². The maximum Gasteiger partial charge on any atom is 0.309 e. The fourth-order valence-electron chi connectivity index (χ4n) is 2.70. The highest BCUT2D eigenvalue weighted by Crippen LogP contribution is 2.42. The summed E-state index contributed by atoms with van der Waals surface area (Å²) in [6.07, 6.45) is 4.63. The first-order valence-electron chi connectivity index (χ1n) is 6.13. The molecule has 0 radical (unpaired) electrons. The number of rotatable bonds is 2. The summed E-state index contributed by atoms with van der Waals surface area (Å²) in [6, 6.07) is 0.